The van der Waals surface area contributed by atoms with E-state index in [1.807, 2.05) is 0 Å². The maximum Gasteiger partial charge on any atom is 0.418 e. The SMILES string of the molecule is FC(F)(F)c1cccc2pccnc12. The van der Waals surface area contributed by atoms with Crippen LogP contribution in [0.4, 0.5) is 13.2 Å². The highest BCUT2D eigenvalue weighted by molar-refractivity contribution is 7.35. The fourth-order valence-electron chi connectivity index (χ4n) is 1.22. The van der Waals surface area contributed by atoms with Crippen molar-refractivity contribution >= 4 is 18.8 Å². The molecule has 0 bridgehead atoms. The van der Waals surface area contributed by atoms with Crippen LogP contribution in [0.15, 0.2) is 30.2 Å². The van der Waals surface area contributed by atoms with Crippen molar-refractivity contribution < 1.29 is 13.2 Å². The Bertz CT molecular complexity index is 462. The van der Waals surface area contributed by atoms with Gasteiger partial charge in [-0.2, -0.15) is 13.2 Å². The minimum Gasteiger partial charge on any atom is -0.255 e. The molecule has 14 heavy (non-hydrogen) atoms. The van der Waals surface area contributed by atoms with E-state index in [0.717, 1.165) is 14.3 Å². The third-order valence-electron chi connectivity index (χ3n) is 1.80. The highest BCUT2D eigenvalue weighted by Crippen LogP contribution is 2.35. The first kappa shape index (κ1) is 9.41. The van der Waals surface area contributed by atoms with Crippen molar-refractivity contribution in [1.82, 2.24) is 4.98 Å². The van der Waals surface area contributed by atoms with Crippen LogP contribution in [-0.4, -0.2) is 4.98 Å². The van der Waals surface area contributed by atoms with Crippen molar-refractivity contribution in [1.29, 1.82) is 0 Å². The molecule has 5 heteroatoms. The van der Waals surface area contributed by atoms with Crippen molar-refractivity contribution in [3.05, 3.63) is 35.8 Å². The summed E-state index contributed by atoms with van der Waals surface area (Å²) in [5, 5.41) is 0.599. The molecule has 0 atom stereocenters. The van der Waals surface area contributed by atoms with E-state index in [2.05, 4.69) is 4.98 Å². The summed E-state index contributed by atoms with van der Waals surface area (Å²) < 4.78 is 37.5. The van der Waals surface area contributed by atoms with Crippen molar-refractivity contribution in [2.75, 3.05) is 0 Å². The largest absolute Gasteiger partial charge is 0.418 e. The second-order valence-electron chi connectivity index (χ2n) is 2.73. The monoisotopic (exact) mass is 215 g/mol. The fraction of sp³-hybridized carbons (Fsp3) is 0.111. The van der Waals surface area contributed by atoms with Gasteiger partial charge in [0.05, 0.1) is 11.1 Å². The van der Waals surface area contributed by atoms with Gasteiger partial charge < -0.3 is 0 Å². The molecule has 72 valence electrons. The molecule has 0 amide bonds. The molecular weight excluding hydrogens is 210 g/mol. The molecule has 0 saturated heterocycles. The maximum atomic E-state index is 12.5. The highest BCUT2D eigenvalue weighted by Gasteiger charge is 2.32. The van der Waals surface area contributed by atoms with E-state index in [-0.39, 0.29) is 5.52 Å². The van der Waals surface area contributed by atoms with Gasteiger partial charge in [-0.15, -0.1) is 0 Å². The predicted octanol–water partition coefficient (Wildman–Crippen LogP) is 3.83. The molecule has 1 nitrogen and oxygen atoms in total. The Labute approximate surface area is 79.7 Å². The molecule has 0 aliphatic carbocycles. The Morgan fingerprint density at radius 3 is 2.71 bits per heavy atom. The van der Waals surface area contributed by atoms with Crippen LogP contribution in [0.5, 0.6) is 0 Å². The van der Waals surface area contributed by atoms with Gasteiger partial charge in [0.2, 0.25) is 0 Å². The molecule has 1 heterocycles. The van der Waals surface area contributed by atoms with Crippen molar-refractivity contribution in [2.45, 2.75) is 6.18 Å². The summed E-state index contributed by atoms with van der Waals surface area (Å²) in [4.78, 5) is 3.75. The summed E-state index contributed by atoms with van der Waals surface area (Å²) in [6.45, 7) is 0. The molecule has 0 spiro atoms. The zero-order chi connectivity index (χ0) is 10.2. The number of fused-ring (bicyclic) bond motifs is 1. The van der Waals surface area contributed by atoms with Gasteiger partial charge in [0.1, 0.15) is 0 Å². The third kappa shape index (κ3) is 1.58. The number of para-hydroxylation sites is 1. The van der Waals surface area contributed by atoms with E-state index in [1.54, 1.807) is 11.9 Å². The van der Waals surface area contributed by atoms with Crippen LogP contribution >= 0.6 is 8.19 Å². The van der Waals surface area contributed by atoms with Gasteiger partial charge >= 0.3 is 6.18 Å². The second-order valence-corrected chi connectivity index (χ2v) is 3.77. The molecule has 0 aliphatic rings. The molecule has 2 rings (SSSR count). The number of halogens is 3. The van der Waals surface area contributed by atoms with Crippen LogP contribution in [0, 0.1) is 0 Å². The number of benzene rings is 1. The van der Waals surface area contributed by atoms with E-state index in [0.29, 0.717) is 5.12 Å². The number of alkyl halides is 3. The average Bonchev–Trinajstić information content (AvgIpc) is 2.15. The summed E-state index contributed by atoms with van der Waals surface area (Å²) in [5.41, 5.74) is -0.615. The third-order valence-corrected chi connectivity index (χ3v) is 2.73. The minimum atomic E-state index is -4.32. The molecule has 0 saturated carbocycles. The summed E-state index contributed by atoms with van der Waals surface area (Å²) in [5.74, 6) is 1.71. The summed E-state index contributed by atoms with van der Waals surface area (Å²) >= 11 is 0. The number of rotatable bonds is 0. The standard InChI is InChI=1S/C9H5F3NP/c10-9(11,12)6-2-1-3-7-8(6)13-4-5-14-7/h1-5H. The molecule has 2 aromatic rings. The number of aromatic nitrogens is 1. The van der Waals surface area contributed by atoms with Gasteiger partial charge in [0, 0.05) is 11.3 Å². The second kappa shape index (κ2) is 3.21. The first-order chi connectivity index (χ1) is 6.59. The Hall–Kier alpha value is -1.15. The zero-order valence-corrected chi connectivity index (χ0v) is 7.81. The van der Waals surface area contributed by atoms with Crippen molar-refractivity contribution in [2.24, 2.45) is 0 Å². The Balaban J connectivity index is 2.78. The first-order valence-electron chi connectivity index (χ1n) is 3.86. The molecule has 0 N–H and O–H groups in total. The smallest absolute Gasteiger partial charge is 0.255 e. The van der Waals surface area contributed by atoms with Crippen LogP contribution in [0.25, 0.3) is 10.6 Å². The van der Waals surface area contributed by atoms with Crippen molar-refractivity contribution in [3.63, 3.8) is 0 Å². The van der Waals surface area contributed by atoms with Crippen LogP contribution in [-0.2, 0) is 6.18 Å². The lowest BCUT2D eigenvalue weighted by molar-refractivity contribution is -0.136. The normalized spacial score (nSPS) is 12.5. The van der Waals surface area contributed by atoms with E-state index < -0.39 is 11.7 Å². The Morgan fingerprint density at radius 1 is 1.21 bits per heavy atom. The van der Waals surface area contributed by atoms with Gasteiger partial charge in [0.25, 0.3) is 0 Å². The quantitative estimate of drug-likeness (QED) is 0.650. The lowest BCUT2D eigenvalue weighted by Crippen LogP contribution is -2.05. The zero-order valence-electron chi connectivity index (χ0n) is 6.92. The molecular formula is C9H5F3NP. The van der Waals surface area contributed by atoms with E-state index in [4.69, 9.17) is 0 Å². The summed E-state index contributed by atoms with van der Waals surface area (Å²) in [7, 11) is 0.759. The summed E-state index contributed by atoms with van der Waals surface area (Å²) in [6, 6.07) is 4.11. The summed E-state index contributed by atoms with van der Waals surface area (Å²) in [6.07, 6.45) is -2.92. The molecule has 1 aromatic carbocycles. The molecule has 1 aromatic heterocycles. The number of nitrogens with zero attached hydrogens (tertiary/aromatic N) is 1. The van der Waals surface area contributed by atoms with Crippen LogP contribution in [0.1, 0.15) is 5.56 Å². The number of hydrogen-bond donors (Lipinski definition) is 0. The van der Waals surface area contributed by atoms with Crippen molar-refractivity contribution in [3.8, 4) is 0 Å². The highest BCUT2D eigenvalue weighted by atomic mass is 31.0. The average molecular weight is 215 g/mol. The predicted molar refractivity (Wildman–Crippen MR) is 49.3 cm³/mol. The van der Waals surface area contributed by atoms with Crippen LogP contribution in [0.3, 0.4) is 0 Å². The Morgan fingerprint density at radius 2 is 2.00 bits per heavy atom. The molecule has 0 aliphatic heterocycles. The topological polar surface area (TPSA) is 12.9 Å². The van der Waals surface area contributed by atoms with E-state index in [9.17, 15) is 13.2 Å². The Kier molecular flexibility index (Phi) is 2.16. The van der Waals surface area contributed by atoms with Gasteiger partial charge in [-0.1, -0.05) is 14.3 Å². The number of hydrogen-bond acceptors (Lipinski definition) is 1. The first-order valence-corrected chi connectivity index (χ1v) is 4.82. The lowest BCUT2D eigenvalue weighted by atomic mass is 10.2. The van der Waals surface area contributed by atoms with Gasteiger partial charge in [-0.25, -0.2) is 0 Å². The molecule has 0 unspecified atom stereocenters. The maximum absolute atomic E-state index is 12.5. The molecule has 0 fully saturated rings. The minimum absolute atomic E-state index is 0.0455. The van der Waals surface area contributed by atoms with Crippen LogP contribution < -0.4 is 0 Å². The fourth-order valence-corrected chi connectivity index (χ4v) is 1.99. The van der Waals surface area contributed by atoms with E-state index >= 15 is 0 Å². The lowest BCUT2D eigenvalue weighted by Gasteiger charge is -2.08. The van der Waals surface area contributed by atoms with Gasteiger partial charge in [-0.3, -0.25) is 4.98 Å². The van der Waals surface area contributed by atoms with E-state index in [1.165, 1.54) is 12.3 Å². The molecule has 0 radical (unpaired) electrons. The van der Waals surface area contributed by atoms with Gasteiger partial charge in [0.15, 0.2) is 0 Å². The van der Waals surface area contributed by atoms with Gasteiger partial charge in [-0.05, 0) is 17.9 Å². The van der Waals surface area contributed by atoms with Crippen LogP contribution in [0.2, 0.25) is 0 Å².